The van der Waals surface area contributed by atoms with Crippen LogP contribution < -0.4 is 16.4 Å². The summed E-state index contributed by atoms with van der Waals surface area (Å²) in [4.78, 5) is 27.1. The number of sulfonamides is 1. The van der Waals surface area contributed by atoms with Gasteiger partial charge in [0.15, 0.2) is 6.17 Å². The molecule has 1 heterocycles. The van der Waals surface area contributed by atoms with E-state index >= 15 is 0 Å². The number of hydrogen-bond acceptors (Lipinski definition) is 5. The van der Waals surface area contributed by atoms with E-state index in [0.717, 1.165) is 41.8 Å². The molecule has 0 spiro atoms. The summed E-state index contributed by atoms with van der Waals surface area (Å²) in [6.45, 7) is 2.15. The number of nitrogens with two attached hydrogens (primary N) is 1. The van der Waals surface area contributed by atoms with Crippen molar-refractivity contribution in [2.24, 2.45) is 5.73 Å². The third-order valence-corrected chi connectivity index (χ3v) is 6.71. The number of carbonyl (C=O) groups excluding carboxylic acids is 2. The third-order valence-electron chi connectivity index (χ3n) is 5.47. The predicted molar refractivity (Wildman–Crippen MR) is 111 cm³/mol. The largest absolute Gasteiger partial charge is 0.350 e. The highest BCUT2D eigenvalue weighted by atomic mass is 32.2. The van der Waals surface area contributed by atoms with Crippen LogP contribution in [-0.4, -0.2) is 67.2 Å². The molecule has 10 heteroatoms. The molecule has 1 saturated carbocycles. The lowest BCUT2D eigenvalue weighted by Crippen LogP contribution is -2.56. The number of hydrogen-bond donors (Lipinski definition) is 3. The molecule has 2 fully saturated rings. The Kier molecular flexibility index (Phi) is 6.45. The van der Waals surface area contributed by atoms with Crippen LogP contribution in [0.25, 0.3) is 0 Å². The second-order valence-electron chi connectivity index (χ2n) is 7.86. The van der Waals surface area contributed by atoms with Gasteiger partial charge >= 0.3 is 6.03 Å². The molecule has 9 nitrogen and oxygen atoms in total. The molecule has 29 heavy (non-hydrogen) atoms. The standard InChI is InChI=1S/C19H29N5O4S/c1-13-3-7-16(8-4-13)22-19(26)23-11-12-24(29(2,27)28)18(23)17(25)21-15-9-5-14(20)6-10-15/h3-4,7-8,14-15,18H,5-6,9-12,20H2,1-2H3,(H,21,25)(H,22,26). The number of carbonyl (C=O) groups is 2. The number of nitrogens with one attached hydrogen (secondary N) is 2. The molecule has 2 aliphatic rings. The minimum Gasteiger partial charge on any atom is -0.350 e. The second kappa shape index (κ2) is 8.68. The number of benzene rings is 1. The summed E-state index contributed by atoms with van der Waals surface area (Å²) in [6, 6.07) is 6.81. The molecule has 4 N–H and O–H groups in total. The van der Waals surface area contributed by atoms with Crippen LogP contribution in [0.5, 0.6) is 0 Å². The first-order chi connectivity index (χ1) is 13.6. The molecule has 3 amide bonds. The molecule has 160 valence electrons. The van der Waals surface area contributed by atoms with Gasteiger partial charge in [0.2, 0.25) is 10.0 Å². The van der Waals surface area contributed by atoms with E-state index in [4.69, 9.17) is 5.73 Å². The summed E-state index contributed by atoms with van der Waals surface area (Å²) in [5.74, 6) is -0.479. The van der Waals surface area contributed by atoms with E-state index in [1.54, 1.807) is 12.1 Å². The van der Waals surface area contributed by atoms with Crippen LogP contribution in [0.15, 0.2) is 24.3 Å². The molecule has 1 saturated heterocycles. The maximum Gasteiger partial charge on any atom is 0.323 e. The van der Waals surface area contributed by atoms with Gasteiger partial charge in [-0.1, -0.05) is 17.7 Å². The van der Waals surface area contributed by atoms with Crippen molar-refractivity contribution >= 4 is 27.6 Å². The van der Waals surface area contributed by atoms with Gasteiger partial charge in [-0.15, -0.1) is 0 Å². The summed E-state index contributed by atoms with van der Waals surface area (Å²) in [5.41, 5.74) is 7.55. The number of rotatable bonds is 4. The monoisotopic (exact) mass is 423 g/mol. The molecule has 3 rings (SSSR count). The van der Waals surface area contributed by atoms with Gasteiger partial charge < -0.3 is 16.4 Å². The first-order valence-corrected chi connectivity index (χ1v) is 11.7. The van der Waals surface area contributed by atoms with Crippen LogP contribution >= 0.6 is 0 Å². The molecule has 1 aliphatic carbocycles. The van der Waals surface area contributed by atoms with Gasteiger partial charge in [0, 0.05) is 30.9 Å². The highest BCUT2D eigenvalue weighted by Crippen LogP contribution is 2.22. The van der Waals surface area contributed by atoms with Gasteiger partial charge in [-0.2, -0.15) is 4.31 Å². The number of urea groups is 1. The Morgan fingerprint density at radius 1 is 1.07 bits per heavy atom. The Hall–Kier alpha value is -2.17. The highest BCUT2D eigenvalue weighted by molar-refractivity contribution is 7.88. The molecule has 0 radical (unpaired) electrons. The molecule has 0 aromatic heterocycles. The SMILES string of the molecule is Cc1ccc(NC(=O)N2CCN(S(C)(=O)=O)C2C(=O)NC2CCC(N)CC2)cc1. The minimum absolute atomic E-state index is 0.0636. The van der Waals surface area contributed by atoms with Crippen LogP contribution in [0.4, 0.5) is 10.5 Å². The van der Waals surface area contributed by atoms with Crippen molar-refractivity contribution in [3.63, 3.8) is 0 Å². The average molecular weight is 424 g/mol. The van der Waals surface area contributed by atoms with Crippen molar-refractivity contribution in [1.29, 1.82) is 0 Å². The number of amides is 3. The smallest absolute Gasteiger partial charge is 0.323 e. The summed E-state index contributed by atoms with van der Waals surface area (Å²) < 4.78 is 25.5. The first-order valence-electron chi connectivity index (χ1n) is 9.82. The third kappa shape index (κ3) is 5.26. The van der Waals surface area contributed by atoms with Crippen molar-refractivity contribution in [2.45, 2.75) is 50.9 Å². The van der Waals surface area contributed by atoms with Crippen LogP contribution in [-0.2, 0) is 14.8 Å². The van der Waals surface area contributed by atoms with Crippen LogP contribution in [0.2, 0.25) is 0 Å². The number of anilines is 1. The fraction of sp³-hybridized carbons (Fsp3) is 0.579. The zero-order valence-electron chi connectivity index (χ0n) is 16.8. The maximum atomic E-state index is 13.0. The molecule has 1 atom stereocenters. The zero-order valence-corrected chi connectivity index (χ0v) is 17.6. The van der Waals surface area contributed by atoms with Gasteiger partial charge in [0.25, 0.3) is 5.91 Å². The quantitative estimate of drug-likeness (QED) is 0.661. The van der Waals surface area contributed by atoms with Crippen LogP contribution in [0.1, 0.15) is 31.2 Å². The van der Waals surface area contributed by atoms with Gasteiger partial charge in [-0.25, -0.2) is 13.2 Å². The molecule has 1 unspecified atom stereocenters. The van der Waals surface area contributed by atoms with E-state index in [1.807, 2.05) is 19.1 Å². The van der Waals surface area contributed by atoms with Gasteiger partial charge in [0.1, 0.15) is 0 Å². The van der Waals surface area contributed by atoms with Gasteiger partial charge in [-0.05, 0) is 44.7 Å². The summed E-state index contributed by atoms with van der Waals surface area (Å²) in [6.07, 6.45) is 2.95. The fourth-order valence-corrected chi connectivity index (χ4v) is 4.80. The van der Waals surface area contributed by atoms with Crippen molar-refractivity contribution in [1.82, 2.24) is 14.5 Å². The van der Waals surface area contributed by atoms with E-state index in [-0.39, 0.29) is 25.2 Å². The highest BCUT2D eigenvalue weighted by Gasteiger charge is 2.45. The maximum absolute atomic E-state index is 13.0. The summed E-state index contributed by atoms with van der Waals surface area (Å²) in [5, 5.41) is 5.66. The van der Waals surface area contributed by atoms with E-state index in [2.05, 4.69) is 10.6 Å². The van der Waals surface area contributed by atoms with Gasteiger partial charge in [0.05, 0.1) is 6.26 Å². The Labute approximate surface area is 171 Å². The average Bonchev–Trinajstić information content (AvgIpc) is 3.11. The van der Waals surface area contributed by atoms with Crippen molar-refractivity contribution in [3.8, 4) is 0 Å². The molecule has 1 aliphatic heterocycles. The molecule has 1 aromatic carbocycles. The zero-order chi connectivity index (χ0) is 21.2. The Morgan fingerprint density at radius 3 is 2.28 bits per heavy atom. The molecular formula is C19H29N5O4S. The van der Waals surface area contributed by atoms with E-state index in [9.17, 15) is 18.0 Å². The lowest BCUT2D eigenvalue weighted by molar-refractivity contribution is -0.128. The second-order valence-corrected chi connectivity index (χ2v) is 9.79. The summed E-state index contributed by atoms with van der Waals surface area (Å²) in [7, 11) is -3.66. The Balaban J connectivity index is 1.75. The number of nitrogens with zero attached hydrogens (tertiary/aromatic N) is 2. The van der Waals surface area contributed by atoms with Crippen molar-refractivity contribution in [3.05, 3.63) is 29.8 Å². The number of aryl methyl sites for hydroxylation is 1. The molecule has 1 aromatic rings. The predicted octanol–water partition coefficient (Wildman–Crippen LogP) is 0.816. The van der Waals surface area contributed by atoms with E-state index in [0.29, 0.717) is 5.69 Å². The normalized spacial score (nSPS) is 25.6. The lowest BCUT2D eigenvalue weighted by Gasteiger charge is -2.32. The topological polar surface area (TPSA) is 125 Å². The minimum atomic E-state index is -3.66. The fourth-order valence-electron chi connectivity index (χ4n) is 3.81. The van der Waals surface area contributed by atoms with Gasteiger partial charge in [-0.3, -0.25) is 9.69 Å². The first kappa shape index (κ1) is 21.5. The van der Waals surface area contributed by atoms with Crippen LogP contribution in [0.3, 0.4) is 0 Å². The molecule has 0 bridgehead atoms. The Morgan fingerprint density at radius 2 is 1.69 bits per heavy atom. The Bertz CT molecular complexity index is 850. The van der Waals surface area contributed by atoms with Crippen molar-refractivity contribution < 1.29 is 18.0 Å². The lowest BCUT2D eigenvalue weighted by atomic mass is 9.92. The van der Waals surface area contributed by atoms with Crippen LogP contribution in [0, 0.1) is 6.92 Å². The van der Waals surface area contributed by atoms with E-state index in [1.165, 1.54) is 4.90 Å². The van der Waals surface area contributed by atoms with E-state index < -0.39 is 28.1 Å². The molecular weight excluding hydrogens is 394 g/mol. The summed E-state index contributed by atoms with van der Waals surface area (Å²) >= 11 is 0. The van der Waals surface area contributed by atoms with Crippen molar-refractivity contribution in [2.75, 3.05) is 24.7 Å².